The first-order valence-electron chi connectivity index (χ1n) is 14.8. The Morgan fingerprint density at radius 2 is 1.93 bits per heavy atom. The van der Waals surface area contributed by atoms with E-state index in [0.29, 0.717) is 41.5 Å². The van der Waals surface area contributed by atoms with E-state index in [2.05, 4.69) is 27.0 Å². The van der Waals surface area contributed by atoms with Crippen molar-refractivity contribution in [3.05, 3.63) is 53.3 Å². The monoisotopic (exact) mass is 591 g/mol. The van der Waals surface area contributed by atoms with Crippen LogP contribution < -0.4 is 15.0 Å². The van der Waals surface area contributed by atoms with Crippen LogP contribution in [0.3, 0.4) is 0 Å². The number of ether oxygens (including phenoxy) is 2. The average molecular weight is 592 g/mol. The van der Waals surface area contributed by atoms with Crippen LogP contribution >= 0.6 is 11.6 Å². The number of morpholine rings is 1. The molecule has 8 nitrogen and oxygen atoms in total. The van der Waals surface area contributed by atoms with Gasteiger partial charge < -0.3 is 24.8 Å². The summed E-state index contributed by atoms with van der Waals surface area (Å²) in [6.45, 7) is 7.40. The second kappa shape index (κ2) is 11.4. The fraction of sp³-hybridized carbons (Fsp3) is 0.438. The number of benzene rings is 3. The van der Waals surface area contributed by atoms with E-state index in [4.69, 9.17) is 26.1 Å². The minimum atomic E-state index is -0.554. The Kier molecular flexibility index (Phi) is 7.52. The highest BCUT2D eigenvalue weighted by Gasteiger charge is 2.34. The van der Waals surface area contributed by atoms with Crippen LogP contribution in [0.1, 0.15) is 26.2 Å². The summed E-state index contributed by atoms with van der Waals surface area (Å²) >= 11 is 6.85. The number of phenols is 1. The fourth-order valence-electron chi connectivity index (χ4n) is 6.71. The number of fused-ring (bicyclic) bond motifs is 4. The summed E-state index contributed by atoms with van der Waals surface area (Å²) in [6.07, 6.45) is 3.01. The Hall–Kier alpha value is -3.24. The van der Waals surface area contributed by atoms with Gasteiger partial charge in [-0.25, -0.2) is 4.39 Å². The highest BCUT2D eigenvalue weighted by molar-refractivity contribution is 6.35. The van der Waals surface area contributed by atoms with Crippen molar-refractivity contribution in [1.82, 2.24) is 20.2 Å². The van der Waals surface area contributed by atoms with E-state index in [1.54, 1.807) is 18.2 Å². The van der Waals surface area contributed by atoms with E-state index in [0.717, 1.165) is 69.4 Å². The van der Waals surface area contributed by atoms with Crippen molar-refractivity contribution in [2.75, 3.05) is 50.9 Å². The van der Waals surface area contributed by atoms with Crippen LogP contribution in [0.15, 0.2) is 42.5 Å². The summed E-state index contributed by atoms with van der Waals surface area (Å²) in [4.78, 5) is 14.0. The number of nitrogens with one attached hydrogen (secondary N) is 1. The number of halogens is 2. The SMILES string of the molecule is C[C@@H]1COCCN1CCCOc1nc(N2CC3CCC(C2)N3)c2cc(Cl)c(-c3cc(O)cc4ccccc34)c(F)c2n1. The average Bonchev–Trinajstić information content (AvgIpc) is 3.33. The van der Waals surface area contributed by atoms with Gasteiger partial charge in [-0.3, -0.25) is 4.90 Å². The van der Waals surface area contributed by atoms with Gasteiger partial charge in [0.2, 0.25) is 0 Å². The fourth-order valence-corrected chi connectivity index (χ4v) is 7.00. The Bertz CT molecular complexity index is 1630. The number of nitrogens with zero attached hydrogens (tertiary/aromatic N) is 4. The molecule has 3 aliphatic heterocycles. The smallest absolute Gasteiger partial charge is 0.319 e. The van der Waals surface area contributed by atoms with Crippen molar-refractivity contribution in [2.24, 2.45) is 0 Å². The van der Waals surface area contributed by atoms with Crippen LogP contribution in [-0.2, 0) is 4.74 Å². The van der Waals surface area contributed by atoms with Crippen molar-refractivity contribution < 1.29 is 19.0 Å². The lowest BCUT2D eigenvalue weighted by molar-refractivity contribution is -0.00211. The molecule has 3 aromatic carbocycles. The molecule has 2 N–H and O–H groups in total. The number of anilines is 1. The van der Waals surface area contributed by atoms with E-state index >= 15 is 4.39 Å². The van der Waals surface area contributed by atoms with Crippen LogP contribution in [0.2, 0.25) is 5.02 Å². The lowest BCUT2D eigenvalue weighted by Crippen LogP contribution is -2.51. The quantitative estimate of drug-likeness (QED) is 0.277. The third kappa shape index (κ3) is 5.24. The van der Waals surface area contributed by atoms with E-state index in [1.807, 2.05) is 24.3 Å². The van der Waals surface area contributed by atoms with Crippen LogP contribution in [0, 0.1) is 5.82 Å². The van der Waals surface area contributed by atoms with Gasteiger partial charge in [-0.2, -0.15) is 9.97 Å². The first-order chi connectivity index (χ1) is 20.4. The van der Waals surface area contributed by atoms with Crippen LogP contribution in [0.4, 0.5) is 10.2 Å². The van der Waals surface area contributed by atoms with Crippen molar-refractivity contribution >= 4 is 39.1 Å². The molecule has 0 radical (unpaired) electrons. The minimum absolute atomic E-state index is 0.0394. The van der Waals surface area contributed by atoms with E-state index < -0.39 is 5.82 Å². The maximum absolute atomic E-state index is 16.7. The van der Waals surface area contributed by atoms with Crippen molar-refractivity contribution in [1.29, 1.82) is 0 Å². The van der Waals surface area contributed by atoms with Crippen molar-refractivity contribution in [3.63, 3.8) is 0 Å². The summed E-state index contributed by atoms with van der Waals surface area (Å²) in [5, 5.41) is 16.5. The molecule has 3 fully saturated rings. The Morgan fingerprint density at radius 1 is 1.12 bits per heavy atom. The van der Waals surface area contributed by atoms with Crippen molar-refractivity contribution in [2.45, 2.75) is 44.3 Å². The second-order valence-corrected chi connectivity index (χ2v) is 12.1. The van der Waals surface area contributed by atoms with Gasteiger partial charge >= 0.3 is 6.01 Å². The molecule has 1 aromatic heterocycles. The number of rotatable bonds is 7. The molecule has 0 amide bonds. The molecule has 10 heteroatoms. The second-order valence-electron chi connectivity index (χ2n) is 11.7. The molecule has 220 valence electrons. The molecule has 3 atom stereocenters. The normalized spacial score (nSPS) is 22.7. The Balaban J connectivity index is 1.28. The summed E-state index contributed by atoms with van der Waals surface area (Å²) in [7, 11) is 0. The van der Waals surface area contributed by atoms with Gasteiger partial charge in [-0.05, 0) is 60.7 Å². The molecule has 3 saturated heterocycles. The Morgan fingerprint density at radius 3 is 2.74 bits per heavy atom. The summed E-state index contributed by atoms with van der Waals surface area (Å²) in [5.41, 5.74) is 0.875. The molecule has 7 rings (SSSR count). The molecule has 0 spiro atoms. The van der Waals surface area contributed by atoms with Gasteiger partial charge in [0.15, 0.2) is 5.82 Å². The third-order valence-corrected chi connectivity index (χ3v) is 9.10. The van der Waals surface area contributed by atoms with Crippen molar-refractivity contribution in [3.8, 4) is 22.9 Å². The van der Waals surface area contributed by atoms with Crippen LogP contribution in [0.5, 0.6) is 11.8 Å². The van der Waals surface area contributed by atoms with Crippen LogP contribution in [0.25, 0.3) is 32.8 Å². The maximum Gasteiger partial charge on any atom is 0.319 e. The van der Waals surface area contributed by atoms with Gasteiger partial charge in [0, 0.05) is 55.3 Å². The molecule has 2 bridgehead atoms. The van der Waals surface area contributed by atoms with E-state index in [9.17, 15) is 5.11 Å². The molecule has 0 saturated carbocycles. The van der Waals surface area contributed by atoms with Gasteiger partial charge in [-0.1, -0.05) is 35.9 Å². The zero-order valence-corrected chi connectivity index (χ0v) is 24.4. The standard InChI is InChI=1S/C32H35ClFN5O3/c1-19-18-41-12-10-38(19)9-4-11-42-32-36-30-26(31(37-32)39-16-21-7-8-22(17-39)35-21)15-27(33)28(29(30)34)25-14-23(40)13-20-5-2-3-6-24(20)25/h2-3,5-6,13-15,19,21-22,35,40H,4,7-12,16-18H2,1H3/t19-,21?,22?/m1/s1. The Labute approximate surface area is 249 Å². The molecule has 3 aliphatic rings. The van der Waals surface area contributed by atoms with Gasteiger partial charge in [-0.15, -0.1) is 0 Å². The summed E-state index contributed by atoms with van der Waals surface area (Å²) in [5.74, 6) is 0.128. The maximum atomic E-state index is 16.7. The molecule has 4 aromatic rings. The highest BCUT2D eigenvalue weighted by Crippen LogP contribution is 2.42. The molecule has 42 heavy (non-hydrogen) atoms. The third-order valence-electron chi connectivity index (χ3n) is 8.80. The van der Waals surface area contributed by atoms with Crippen LogP contribution in [-0.4, -0.2) is 84.1 Å². The highest BCUT2D eigenvalue weighted by atomic mass is 35.5. The summed E-state index contributed by atoms with van der Waals surface area (Å²) in [6, 6.07) is 13.8. The lowest BCUT2D eigenvalue weighted by atomic mass is 9.96. The molecular weight excluding hydrogens is 557 g/mol. The first-order valence-corrected chi connectivity index (χ1v) is 15.2. The number of piperazine rings is 1. The topological polar surface area (TPSA) is 83.0 Å². The van der Waals surface area contributed by atoms with Gasteiger partial charge in [0.1, 0.15) is 17.1 Å². The predicted molar refractivity (Wildman–Crippen MR) is 163 cm³/mol. The zero-order valence-electron chi connectivity index (χ0n) is 23.7. The number of aromatic hydroxyl groups is 1. The number of phenolic OH excluding ortho intramolecular Hbond substituents is 1. The van der Waals surface area contributed by atoms with E-state index in [1.165, 1.54) is 0 Å². The molecule has 0 aliphatic carbocycles. The molecule has 4 heterocycles. The largest absolute Gasteiger partial charge is 0.508 e. The minimum Gasteiger partial charge on any atom is -0.508 e. The number of hydrogen-bond donors (Lipinski definition) is 2. The van der Waals surface area contributed by atoms with Gasteiger partial charge in [0.05, 0.1) is 24.8 Å². The predicted octanol–water partition coefficient (Wildman–Crippen LogP) is 5.38. The molecule has 2 unspecified atom stereocenters. The number of hydrogen-bond acceptors (Lipinski definition) is 8. The zero-order chi connectivity index (χ0) is 28.8. The first kappa shape index (κ1) is 27.6. The lowest BCUT2D eigenvalue weighted by Gasteiger charge is -2.34. The number of aromatic nitrogens is 2. The molecular formula is C32H35ClFN5O3. The summed E-state index contributed by atoms with van der Waals surface area (Å²) < 4.78 is 28.3. The van der Waals surface area contributed by atoms with Gasteiger partial charge in [0.25, 0.3) is 0 Å². The van der Waals surface area contributed by atoms with E-state index in [-0.39, 0.29) is 27.9 Å².